The first kappa shape index (κ1) is 15.2. The number of carbonyl (C=O) groups is 2. The van der Waals surface area contributed by atoms with Gasteiger partial charge in [0, 0.05) is 21.5 Å². The topological polar surface area (TPSA) is 67.5 Å². The van der Waals surface area contributed by atoms with Crippen LogP contribution in [0.1, 0.15) is 21.7 Å². The number of carboxylic acids is 1. The van der Waals surface area contributed by atoms with Gasteiger partial charge in [-0.1, -0.05) is 22.0 Å². The third-order valence-electron chi connectivity index (χ3n) is 3.29. The molecule has 0 saturated carbocycles. The Labute approximate surface area is 140 Å². The van der Waals surface area contributed by atoms with Gasteiger partial charge >= 0.3 is 5.97 Å². The fraction of sp³-hybridized carbons (Fsp3) is 0. The molecular weight excluding hydrogens is 360 g/mol. The van der Waals surface area contributed by atoms with E-state index in [4.69, 9.17) is 9.52 Å². The van der Waals surface area contributed by atoms with Crippen LogP contribution in [0.15, 0.2) is 63.5 Å². The molecule has 23 heavy (non-hydrogen) atoms. The van der Waals surface area contributed by atoms with E-state index < -0.39 is 5.97 Å². The summed E-state index contributed by atoms with van der Waals surface area (Å²) >= 11 is 3.33. The maximum atomic E-state index is 12.4. The molecule has 0 aliphatic carbocycles. The van der Waals surface area contributed by atoms with Crippen LogP contribution in [-0.4, -0.2) is 16.9 Å². The van der Waals surface area contributed by atoms with Gasteiger partial charge in [0.25, 0.3) is 0 Å². The molecule has 0 aliphatic rings. The number of carboxylic acid groups (broad SMARTS) is 1. The second-order valence-corrected chi connectivity index (χ2v) is 5.83. The lowest BCUT2D eigenvalue weighted by Crippen LogP contribution is -1.98. The Morgan fingerprint density at radius 3 is 2.48 bits per heavy atom. The number of hydrogen-bond acceptors (Lipinski definition) is 3. The van der Waals surface area contributed by atoms with E-state index in [0.29, 0.717) is 11.1 Å². The van der Waals surface area contributed by atoms with Gasteiger partial charge in [0.15, 0.2) is 5.76 Å². The number of halogens is 1. The zero-order valence-corrected chi connectivity index (χ0v) is 13.4. The first-order valence-electron chi connectivity index (χ1n) is 6.78. The number of aliphatic carboxylic acids is 1. The van der Waals surface area contributed by atoms with Gasteiger partial charge in [0.1, 0.15) is 5.58 Å². The molecular formula is C18H11BrO4. The van der Waals surface area contributed by atoms with Crippen molar-refractivity contribution in [2.75, 3.05) is 0 Å². The SMILES string of the molecule is O=C(O)/C=C/c1ccc2oc(C(=O)c3ccc(Br)cc3)cc2c1. The van der Waals surface area contributed by atoms with E-state index in [1.165, 1.54) is 6.08 Å². The number of benzene rings is 2. The zero-order chi connectivity index (χ0) is 16.4. The lowest BCUT2D eigenvalue weighted by Gasteiger charge is -1.97. The Bertz CT molecular complexity index is 920. The molecule has 1 heterocycles. The highest BCUT2D eigenvalue weighted by molar-refractivity contribution is 9.10. The van der Waals surface area contributed by atoms with E-state index in [1.807, 2.05) is 0 Å². The maximum absolute atomic E-state index is 12.4. The molecule has 2 aromatic carbocycles. The summed E-state index contributed by atoms with van der Waals surface area (Å²) in [6, 6.07) is 13.9. The maximum Gasteiger partial charge on any atom is 0.328 e. The summed E-state index contributed by atoms with van der Waals surface area (Å²) in [7, 11) is 0. The normalized spacial score (nSPS) is 11.2. The molecule has 3 rings (SSSR count). The number of fused-ring (bicyclic) bond motifs is 1. The molecule has 0 fully saturated rings. The highest BCUT2D eigenvalue weighted by atomic mass is 79.9. The van der Waals surface area contributed by atoms with Crippen LogP contribution in [0, 0.1) is 0 Å². The lowest BCUT2D eigenvalue weighted by molar-refractivity contribution is -0.131. The Morgan fingerprint density at radius 2 is 1.78 bits per heavy atom. The molecule has 1 aromatic heterocycles. The second-order valence-electron chi connectivity index (χ2n) is 4.92. The number of furan rings is 1. The monoisotopic (exact) mass is 370 g/mol. The summed E-state index contributed by atoms with van der Waals surface area (Å²) in [6.07, 6.45) is 2.56. The third-order valence-corrected chi connectivity index (χ3v) is 3.82. The van der Waals surface area contributed by atoms with E-state index in [1.54, 1.807) is 48.5 Å². The molecule has 0 radical (unpaired) electrons. The van der Waals surface area contributed by atoms with Crippen LogP contribution in [0.25, 0.3) is 17.0 Å². The first-order chi connectivity index (χ1) is 11.0. The third kappa shape index (κ3) is 3.40. The summed E-state index contributed by atoms with van der Waals surface area (Å²) in [4.78, 5) is 23.0. The van der Waals surface area contributed by atoms with Crippen molar-refractivity contribution in [3.05, 3.63) is 76.0 Å². The van der Waals surface area contributed by atoms with Crippen molar-refractivity contribution >= 4 is 44.7 Å². The minimum Gasteiger partial charge on any atom is -0.478 e. The van der Waals surface area contributed by atoms with E-state index >= 15 is 0 Å². The van der Waals surface area contributed by atoms with Gasteiger partial charge in [-0.25, -0.2) is 4.79 Å². The molecule has 114 valence electrons. The summed E-state index contributed by atoms with van der Waals surface area (Å²) in [5, 5.41) is 9.41. The van der Waals surface area contributed by atoms with E-state index in [0.717, 1.165) is 21.5 Å². The lowest BCUT2D eigenvalue weighted by atomic mass is 10.1. The van der Waals surface area contributed by atoms with Gasteiger partial charge in [-0.3, -0.25) is 4.79 Å². The Morgan fingerprint density at radius 1 is 1.04 bits per heavy atom. The van der Waals surface area contributed by atoms with Crippen molar-refractivity contribution in [1.29, 1.82) is 0 Å². The van der Waals surface area contributed by atoms with Crippen LogP contribution < -0.4 is 0 Å². The summed E-state index contributed by atoms with van der Waals surface area (Å²) in [6.45, 7) is 0. The quantitative estimate of drug-likeness (QED) is 0.541. The average Bonchev–Trinajstić information content (AvgIpc) is 2.96. The van der Waals surface area contributed by atoms with E-state index in [-0.39, 0.29) is 11.5 Å². The highest BCUT2D eigenvalue weighted by Crippen LogP contribution is 2.24. The standard InChI is InChI=1S/C18H11BrO4/c19-14-5-3-12(4-6-14)18(22)16-10-13-9-11(2-8-17(20)21)1-7-15(13)23-16/h1-10H,(H,20,21)/b8-2+. The fourth-order valence-electron chi connectivity index (χ4n) is 2.19. The first-order valence-corrected chi connectivity index (χ1v) is 7.57. The molecule has 0 saturated heterocycles. The van der Waals surface area contributed by atoms with Gasteiger partial charge in [0.2, 0.25) is 5.78 Å². The van der Waals surface area contributed by atoms with Crippen molar-refractivity contribution in [2.45, 2.75) is 0 Å². The van der Waals surface area contributed by atoms with Crippen molar-refractivity contribution in [3.63, 3.8) is 0 Å². The molecule has 1 N–H and O–H groups in total. The number of rotatable bonds is 4. The molecule has 0 spiro atoms. The smallest absolute Gasteiger partial charge is 0.328 e. The minimum atomic E-state index is -1.01. The highest BCUT2D eigenvalue weighted by Gasteiger charge is 2.14. The van der Waals surface area contributed by atoms with Crippen LogP contribution in [0.3, 0.4) is 0 Å². The van der Waals surface area contributed by atoms with E-state index in [2.05, 4.69) is 15.9 Å². The fourth-order valence-corrected chi connectivity index (χ4v) is 2.45. The van der Waals surface area contributed by atoms with Crippen molar-refractivity contribution < 1.29 is 19.1 Å². The molecule has 0 amide bonds. The minimum absolute atomic E-state index is 0.198. The number of carbonyl (C=O) groups excluding carboxylic acids is 1. The predicted octanol–water partition coefficient (Wildman–Crippen LogP) is 4.52. The molecule has 4 nitrogen and oxygen atoms in total. The van der Waals surface area contributed by atoms with Gasteiger partial charge in [-0.15, -0.1) is 0 Å². The zero-order valence-electron chi connectivity index (χ0n) is 11.8. The second kappa shape index (κ2) is 6.22. The average molecular weight is 371 g/mol. The van der Waals surface area contributed by atoms with E-state index in [9.17, 15) is 9.59 Å². The Hall–Kier alpha value is -2.66. The largest absolute Gasteiger partial charge is 0.478 e. The number of ketones is 1. The van der Waals surface area contributed by atoms with Gasteiger partial charge in [-0.2, -0.15) is 0 Å². The van der Waals surface area contributed by atoms with Crippen LogP contribution in [0.2, 0.25) is 0 Å². The van der Waals surface area contributed by atoms with Crippen LogP contribution in [-0.2, 0) is 4.79 Å². The van der Waals surface area contributed by atoms with Crippen LogP contribution >= 0.6 is 15.9 Å². The molecule has 5 heteroatoms. The van der Waals surface area contributed by atoms with Crippen LogP contribution in [0.5, 0.6) is 0 Å². The molecule has 0 bridgehead atoms. The Balaban J connectivity index is 1.94. The summed E-state index contributed by atoms with van der Waals surface area (Å²) in [5.41, 5.74) is 1.85. The number of hydrogen-bond donors (Lipinski definition) is 1. The molecule has 3 aromatic rings. The van der Waals surface area contributed by atoms with Gasteiger partial charge in [0.05, 0.1) is 0 Å². The summed E-state index contributed by atoms with van der Waals surface area (Å²) in [5.74, 6) is -0.957. The molecule has 0 atom stereocenters. The van der Waals surface area contributed by atoms with Gasteiger partial charge < -0.3 is 9.52 Å². The summed E-state index contributed by atoms with van der Waals surface area (Å²) < 4.78 is 6.49. The van der Waals surface area contributed by atoms with Crippen molar-refractivity contribution in [1.82, 2.24) is 0 Å². The molecule has 0 unspecified atom stereocenters. The Kier molecular flexibility index (Phi) is 4.12. The predicted molar refractivity (Wildman–Crippen MR) is 90.5 cm³/mol. The molecule has 0 aliphatic heterocycles. The van der Waals surface area contributed by atoms with Gasteiger partial charge in [-0.05, 0) is 54.1 Å². The van der Waals surface area contributed by atoms with Crippen molar-refractivity contribution in [2.24, 2.45) is 0 Å². The van der Waals surface area contributed by atoms with Crippen molar-refractivity contribution in [3.8, 4) is 0 Å². The van der Waals surface area contributed by atoms with Crippen LogP contribution in [0.4, 0.5) is 0 Å².